The van der Waals surface area contributed by atoms with Crippen molar-refractivity contribution in [1.82, 2.24) is 5.32 Å². The van der Waals surface area contributed by atoms with Crippen molar-refractivity contribution in [3.63, 3.8) is 0 Å². The molecule has 2 amide bonds. The maximum Gasteiger partial charge on any atom is 0.251 e. The van der Waals surface area contributed by atoms with Crippen molar-refractivity contribution in [2.45, 2.75) is 6.92 Å². The first-order chi connectivity index (χ1) is 10.5. The number of carbonyl (C=O) groups is 2. The summed E-state index contributed by atoms with van der Waals surface area (Å²) < 4.78 is 0.972. The fourth-order valence-electron chi connectivity index (χ4n) is 1.82. The lowest BCUT2D eigenvalue weighted by molar-refractivity contribution is -0.115. The summed E-state index contributed by atoms with van der Waals surface area (Å²) in [4.78, 5) is 23.7. The highest BCUT2D eigenvalue weighted by Gasteiger charge is 2.09. The summed E-state index contributed by atoms with van der Waals surface area (Å²) in [5.74, 6) is -0.637. The van der Waals surface area contributed by atoms with Crippen LogP contribution in [0.1, 0.15) is 15.9 Å². The molecule has 4 nitrogen and oxygen atoms in total. The Morgan fingerprint density at radius 2 is 1.95 bits per heavy atom. The average molecular weight is 382 g/mol. The summed E-state index contributed by atoms with van der Waals surface area (Å²) in [7, 11) is 0. The molecule has 0 spiro atoms. The number of aryl methyl sites for hydroxylation is 1. The largest absolute Gasteiger partial charge is 0.343 e. The number of hydrogen-bond acceptors (Lipinski definition) is 2. The zero-order valence-corrected chi connectivity index (χ0v) is 14.2. The van der Waals surface area contributed by atoms with E-state index in [0.717, 1.165) is 10.0 Å². The van der Waals surface area contributed by atoms with Crippen LogP contribution in [0.3, 0.4) is 0 Å². The molecule has 2 aromatic rings. The highest BCUT2D eigenvalue weighted by molar-refractivity contribution is 9.10. The van der Waals surface area contributed by atoms with Crippen LogP contribution in [0.15, 0.2) is 46.9 Å². The molecule has 0 aliphatic rings. The second kappa shape index (κ2) is 7.42. The molecule has 0 aliphatic heterocycles. The number of anilines is 1. The Morgan fingerprint density at radius 1 is 1.18 bits per heavy atom. The molecule has 0 aromatic heterocycles. The third kappa shape index (κ3) is 4.58. The minimum Gasteiger partial charge on any atom is -0.343 e. The van der Waals surface area contributed by atoms with Gasteiger partial charge in [-0.2, -0.15) is 0 Å². The SMILES string of the molecule is Cc1cc(NC(=O)CNC(=O)c2cccc(Cl)c2)ccc1Br. The maximum absolute atomic E-state index is 11.9. The van der Waals surface area contributed by atoms with E-state index in [-0.39, 0.29) is 18.4 Å². The third-order valence-corrected chi connectivity index (χ3v) is 4.06. The van der Waals surface area contributed by atoms with Gasteiger partial charge < -0.3 is 10.6 Å². The molecule has 0 fully saturated rings. The van der Waals surface area contributed by atoms with E-state index in [2.05, 4.69) is 26.6 Å². The van der Waals surface area contributed by atoms with Gasteiger partial charge in [0, 0.05) is 20.7 Å². The predicted molar refractivity (Wildman–Crippen MR) is 91.3 cm³/mol. The van der Waals surface area contributed by atoms with Crippen LogP contribution in [0.5, 0.6) is 0 Å². The molecule has 2 aromatic carbocycles. The number of hydrogen-bond donors (Lipinski definition) is 2. The molecule has 114 valence electrons. The van der Waals surface area contributed by atoms with Crippen molar-refractivity contribution in [1.29, 1.82) is 0 Å². The topological polar surface area (TPSA) is 58.2 Å². The quantitative estimate of drug-likeness (QED) is 0.847. The Hall–Kier alpha value is -1.85. The van der Waals surface area contributed by atoms with Crippen LogP contribution in [-0.4, -0.2) is 18.4 Å². The first kappa shape index (κ1) is 16.5. The molecular formula is C16H14BrClN2O2. The van der Waals surface area contributed by atoms with E-state index in [4.69, 9.17) is 11.6 Å². The lowest BCUT2D eigenvalue weighted by Crippen LogP contribution is -2.32. The van der Waals surface area contributed by atoms with Gasteiger partial charge in [0.25, 0.3) is 5.91 Å². The molecule has 0 aliphatic carbocycles. The van der Waals surface area contributed by atoms with E-state index >= 15 is 0 Å². The van der Waals surface area contributed by atoms with Gasteiger partial charge in [-0.3, -0.25) is 9.59 Å². The van der Waals surface area contributed by atoms with Crippen LogP contribution >= 0.6 is 27.5 Å². The Morgan fingerprint density at radius 3 is 2.64 bits per heavy atom. The van der Waals surface area contributed by atoms with E-state index in [1.54, 1.807) is 30.3 Å². The van der Waals surface area contributed by atoms with Crippen LogP contribution in [0, 0.1) is 6.92 Å². The van der Waals surface area contributed by atoms with E-state index in [0.29, 0.717) is 16.3 Å². The van der Waals surface area contributed by atoms with Crippen molar-refractivity contribution in [3.05, 3.63) is 63.1 Å². The van der Waals surface area contributed by atoms with Gasteiger partial charge in [-0.15, -0.1) is 0 Å². The third-order valence-electron chi connectivity index (χ3n) is 2.94. The van der Waals surface area contributed by atoms with Gasteiger partial charge >= 0.3 is 0 Å². The van der Waals surface area contributed by atoms with Gasteiger partial charge in [0.2, 0.25) is 5.91 Å². The van der Waals surface area contributed by atoms with Crippen LogP contribution < -0.4 is 10.6 Å². The Bertz CT molecular complexity index is 719. The molecule has 0 bridgehead atoms. The summed E-state index contributed by atoms with van der Waals surface area (Å²) in [6.45, 7) is 1.82. The number of carbonyl (C=O) groups excluding carboxylic acids is 2. The van der Waals surface area contributed by atoms with E-state index in [1.165, 1.54) is 0 Å². The number of benzene rings is 2. The molecule has 0 saturated carbocycles. The zero-order chi connectivity index (χ0) is 16.1. The van der Waals surface area contributed by atoms with Gasteiger partial charge in [-0.1, -0.05) is 33.6 Å². The van der Waals surface area contributed by atoms with E-state index in [1.807, 2.05) is 19.1 Å². The molecule has 0 radical (unpaired) electrons. The Kier molecular flexibility index (Phi) is 5.57. The first-order valence-electron chi connectivity index (χ1n) is 6.55. The summed E-state index contributed by atoms with van der Waals surface area (Å²) in [5, 5.41) is 5.76. The van der Waals surface area contributed by atoms with Gasteiger partial charge in [0.05, 0.1) is 6.54 Å². The lowest BCUT2D eigenvalue weighted by atomic mass is 10.2. The molecule has 0 unspecified atom stereocenters. The summed E-state index contributed by atoms with van der Waals surface area (Å²) in [6, 6.07) is 12.0. The van der Waals surface area contributed by atoms with Gasteiger partial charge in [-0.05, 0) is 48.9 Å². The molecule has 6 heteroatoms. The molecule has 2 rings (SSSR count). The number of amides is 2. The van der Waals surface area contributed by atoms with Crippen molar-refractivity contribution in [3.8, 4) is 0 Å². The van der Waals surface area contributed by atoms with Crippen LogP contribution in [0.4, 0.5) is 5.69 Å². The second-order valence-corrected chi connectivity index (χ2v) is 6.00. The van der Waals surface area contributed by atoms with Crippen molar-refractivity contribution in [2.75, 3.05) is 11.9 Å². The molecule has 0 heterocycles. The fraction of sp³-hybridized carbons (Fsp3) is 0.125. The summed E-state index contributed by atoms with van der Waals surface area (Å²) >= 11 is 9.22. The van der Waals surface area contributed by atoms with Crippen LogP contribution in [-0.2, 0) is 4.79 Å². The van der Waals surface area contributed by atoms with Crippen LogP contribution in [0.25, 0.3) is 0 Å². The number of nitrogens with one attached hydrogen (secondary N) is 2. The van der Waals surface area contributed by atoms with Gasteiger partial charge in [-0.25, -0.2) is 0 Å². The van der Waals surface area contributed by atoms with Crippen LogP contribution in [0.2, 0.25) is 5.02 Å². The normalized spacial score (nSPS) is 10.1. The molecule has 2 N–H and O–H groups in total. The van der Waals surface area contributed by atoms with E-state index < -0.39 is 0 Å². The van der Waals surface area contributed by atoms with Crippen molar-refractivity contribution < 1.29 is 9.59 Å². The Labute approximate surface area is 142 Å². The minimum absolute atomic E-state index is 0.111. The standard InChI is InChI=1S/C16H14BrClN2O2/c1-10-7-13(5-6-14(10)17)20-15(21)9-19-16(22)11-3-2-4-12(18)8-11/h2-8H,9H2,1H3,(H,19,22)(H,20,21). The number of rotatable bonds is 4. The minimum atomic E-state index is -0.343. The summed E-state index contributed by atoms with van der Waals surface area (Å²) in [6.07, 6.45) is 0. The molecule has 0 atom stereocenters. The monoisotopic (exact) mass is 380 g/mol. The molecule has 0 saturated heterocycles. The van der Waals surface area contributed by atoms with Gasteiger partial charge in [0.1, 0.15) is 0 Å². The van der Waals surface area contributed by atoms with Crippen molar-refractivity contribution >= 4 is 45.0 Å². The highest BCUT2D eigenvalue weighted by atomic mass is 79.9. The smallest absolute Gasteiger partial charge is 0.251 e. The maximum atomic E-state index is 11.9. The fourth-order valence-corrected chi connectivity index (χ4v) is 2.26. The van der Waals surface area contributed by atoms with E-state index in [9.17, 15) is 9.59 Å². The zero-order valence-electron chi connectivity index (χ0n) is 11.8. The summed E-state index contributed by atoms with van der Waals surface area (Å²) in [5.41, 5.74) is 2.11. The number of halogens is 2. The lowest BCUT2D eigenvalue weighted by Gasteiger charge is -2.08. The Balaban J connectivity index is 1.90. The molecule has 22 heavy (non-hydrogen) atoms. The second-order valence-electron chi connectivity index (χ2n) is 4.71. The first-order valence-corrected chi connectivity index (χ1v) is 7.72. The predicted octanol–water partition coefficient (Wildman–Crippen LogP) is 3.78. The van der Waals surface area contributed by atoms with Crippen molar-refractivity contribution in [2.24, 2.45) is 0 Å². The molecular weight excluding hydrogens is 368 g/mol. The highest BCUT2D eigenvalue weighted by Crippen LogP contribution is 2.19. The average Bonchev–Trinajstić information content (AvgIpc) is 2.48. The van der Waals surface area contributed by atoms with Gasteiger partial charge in [0.15, 0.2) is 0 Å².